The van der Waals surface area contributed by atoms with Crippen LogP contribution in [0.2, 0.25) is 0 Å². The van der Waals surface area contributed by atoms with Crippen LogP contribution in [0.1, 0.15) is 5.56 Å². The third-order valence-electron chi connectivity index (χ3n) is 3.30. The maximum absolute atomic E-state index is 11.8. The number of nitrogens with two attached hydrogens (primary N) is 1. The molecule has 0 saturated carbocycles. The molecule has 2 aromatic carbocycles. The third-order valence-corrected chi connectivity index (χ3v) is 4.21. The molecule has 0 atom stereocenters. The van der Waals surface area contributed by atoms with Crippen molar-refractivity contribution in [3.8, 4) is 5.75 Å². The Kier molecular flexibility index (Phi) is 6.69. The van der Waals surface area contributed by atoms with E-state index in [0.717, 1.165) is 5.56 Å². The topological polar surface area (TPSA) is 125 Å². The molecule has 0 saturated heterocycles. The molecule has 1 amide bonds. The first-order valence-corrected chi connectivity index (χ1v) is 9.24. The first kappa shape index (κ1) is 20.1. The minimum atomic E-state index is -3.88. The van der Waals surface area contributed by atoms with Crippen LogP contribution < -0.4 is 15.2 Å². The number of hydrogen-bond donors (Lipinski definition) is 2. The molecule has 142 valence electrons. The Hall–Kier alpha value is -3.17. The average molecular weight is 390 g/mol. The Balaban J connectivity index is 1.88. The number of carbonyl (C=O) groups is 2. The van der Waals surface area contributed by atoms with Gasteiger partial charge in [0.05, 0.1) is 12.0 Å². The van der Waals surface area contributed by atoms with E-state index in [1.165, 1.54) is 43.5 Å². The summed E-state index contributed by atoms with van der Waals surface area (Å²) in [4.78, 5) is 23.4. The van der Waals surface area contributed by atoms with Crippen LogP contribution in [-0.4, -0.2) is 34.0 Å². The van der Waals surface area contributed by atoms with Crippen molar-refractivity contribution in [1.29, 1.82) is 0 Å². The predicted octanol–water partition coefficient (Wildman–Crippen LogP) is 1.54. The Labute approximate surface area is 156 Å². The molecule has 2 rings (SSSR count). The molecule has 0 spiro atoms. The first-order valence-electron chi connectivity index (χ1n) is 7.69. The van der Waals surface area contributed by atoms with Gasteiger partial charge in [0.15, 0.2) is 6.61 Å². The van der Waals surface area contributed by atoms with E-state index in [2.05, 4.69) is 5.32 Å². The second-order valence-corrected chi connectivity index (χ2v) is 6.90. The maximum atomic E-state index is 11.8. The number of amides is 1. The molecule has 0 unspecified atom stereocenters. The molecule has 0 radical (unpaired) electrons. The Bertz CT molecular complexity index is 969. The zero-order valence-corrected chi connectivity index (χ0v) is 15.2. The molecule has 0 aliphatic carbocycles. The van der Waals surface area contributed by atoms with Gasteiger partial charge in [-0.1, -0.05) is 18.2 Å². The number of nitrogens with one attached hydrogen (secondary N) is 1. The van der Waals surface area contributed by atoms with Gasteiger partial charge in [0, 0.05) is 11.8 Å². The standard InChI is InChI=1S/C18H18N2O6S/c1-25-15-6-2-4-13(10-15)8-9-18(22)26-12-17(21)20-14-5-3-7-16(11-14)27(19,23)24/h2-11H,12H2,1H3,(H,20,21)(H2,19,23,24)/b9-8+. The van der Waals surface area contributed by atoms with E-state index in [0.29, 0.717) is 5.75 Å². The summed E-state index contributed by atoms with van der Waals surface area (Å²) in [5, 5.41) is 7.45. The van der Waals surface area contributed by atoms with Crippen molar-refractivity contribution in [3.63, 3.8) is 0 Å². The van der Waals surface area contributed by atoms with Crippen LogP contribution >= 0.6 is 0 Å². The highest BCUT2D eigenvalue weighted by Gasteiger charge is 2.10. The quantitative estimate of drug-likeness (QED) is 0.546. The summed E-state index contributed by atoms with van der Waals surface area (Å²) in [6.07, 6.45) is 2.71. The monoisotopic (exact) mass is 390 g/mol. The summed E-state index contributed by atoms with van der Waals surface area (Å²) in [6.45, 7) is -0.527. The normalized spacial score (nSPS) is 11.2. The molecule has 8 nitrogen and oxygen atoms in total. The zero-order chi connectivity index (χ0) is 19.9. The molecule has 0 fully saturated rings. The molecular formula is C18H18N2O6S. The summed E-state index contributed by atoms with van der Waals surface area (Å²) in [6, 6.07) is 12.5. The lowest BCUT2D eigenvalue weighted by molar-refractivity contribution is -0.142. The Morgan fingerprint density at radius 2 is 1.89 bits per heavy atom. The van der Waals surface area contributed by atoms with Gasteiger partial charge in [0.2, 0.25) is 10.0 Å². The SMILES string of the molecule is COc1cccc(/C=C/C(=O)OCC(=O)Nc2cccc(S(N)(=O)=O)c2)c1. The van der Waals surface area contributed by atoms with Crippen molar-refractivity contribution in [2.75, 3.05) is 19.0 Å². The van der Waals surface area contributed by atoms with Gasteiger partial charge in [0.1, 0.15) is 5.75 Å². The first-order chi connectivity index (χ1) is 12.8. The van der Waals surface area contributed by atoms with Gasteiger partial charge in [-0.2, -0.15) is 0 Å². The Morgan fingerprint density at radius 1 is 1.15 bits per heavy atom. The van der Waals surface area contributed by atoms with Crippen LogP contribution in [0.5, 0.6) is 5.75 Å². The fourth-order valence-corrected chi connectivity index (χ4v) is 2.60. The van der Waals surface area contributed by atoms with Crippen molar-refractivity contribution >= 4 is 33.7 Å². The Morgan fingerprint density at radius 3 is 2.59 bits per heavy atom. The van der Waals surface area contributed by atoms with E-state index in [9.17, 15) is 18.0 Å². The number of ether oxygens (including phenoxy) is 2. The van der Waals surface area contributed by atoms with Crippen LogP contribution in [0.25, 0.3) is 6.08 Å². The van der Waals surface area contributed by atoms with Crippen molar-refractivity contribution in [1.82, 2.24) is 0 Å². The van der Waals surface area contributed by atoms with Gasteiger partial charge in [-0.15, -0.1) is 0 Å². The smallest absolute Gasteiger partial charge is 0.331 e. The number of rotatable bonds is 7. The van der Waals surface area contributed by atoms with E-state index in [1.54, 1.807) is 24.3 Å². The van der Waals surface area contributed by atoms with Crippen molar-refractivity contribution in [2.45, 2.75) is 4.90 Å². The van der Waals surface area contributed by atoms with Crippen LogP contribution in [0.15, 0.2) is 59.5 Å². The van der Waals surface area contributed by atoms with Crippen molar-refractivity contribution in [2.24, 2.45) is 5.14 Å². The van der Waals surface area contributed by atoms with Crippen molar-refractivity contribution in [3.05, 3.63) is 60.2 Å². The number of anilines is 1. The van der Waals surface area contributed by atoms with Gasteiger partial charge in [-0.3, -0.25) is 4.79 Å². The predicted molar refractivity (Wildman–Crippen MR) is 99.4 cm³/mol. The number of methoxy groups -OCH3 is 1. The minimum absolute atomic E-state index is 0.140. The molecule has 0 bridgehead atoms. The second kappa shape index (κ2) is 8.97. The summed E-state index contributed by atoms with van der Waals surface area (Å²) >= 11 is 0. The molecular weight excluding hydrogens is 372 g/mol. The molecule has 27 heavy (non-hydrogen) atoms. The molecule has 0 aliphatic heterocycles. The molecule has 3 N–H and O–H groups in total. The number of sulfonamides is 1. The van der Waals surface area contributed by atoms with Crippen molar-refractivity contribution < 1.29 is 27.5 Å². The van der Waals surface area contributed by atoms with Gasteiger partial charge in [-0.05, 0) is 42.0 Å². The number of hydrogen-bond acceptors (Lipinski definition) is 6. The lowest BCUT2D eigenvalue weighted by Crippen LogP contribution is -2.20. The number of esters is 1. The fraction of sp³-hybridized carbons (Fsp3) is 0.111. The highest BCUT2D eigenvalue weighted by molar-refractivity contribution is 7.89. The van der Waals surface area contributed by atoms with E-state index in [1.807, 2.05) is 0 Å². The second-order valence-electron chi connectivity index (χ2n) is 5.34. The van der Waals surface area contributed by atoms with E-state index in [4.69, 9.17) is 14.6 Å². The number of benzene rings is 2. The lowest BCUT2D eigenvalue weighted by atomic mass is 10.2. The van der Waals surface area contributed by atoms with Crippen LogP contribution in [0.3, 0.4) is 0 Å². The summed E-state index contributed by atoms with van der Waals surface area (Å²) in [7, 11) is -2.34. The lowest BCUT2D eigenvalue weighted by Gasteiger charge is -2.06. The minimum Gasteiger partial charge on any atom is -0.497 e. The molecule has 0 aromatic heterocycles. The average Bonchev–Trinajstić information content (AvgIpc) is 2.64. The molecule has 0 aliphatic rings. The number of primary sulfonamides is 1. The number of carbonyl (C=O) groups excluding carboxylic acids is 2. The van der Waals surface area contributed by atoms with Crippen LogP contribution in [-0.2, 0) is 24.3 Å². The summed E-state index contributed by atoms with van der Waals surface area (Å²) in [5.74, 6) is -0.678. The van der Waals surface area contributed by atoms with Gasteiger partial charge in [0.25, 0.3) is 5.91 Å². The zero-order valence-electron chi connectivity index (χ0n) is 14.4. The van der Waals surface area contributed by atoms with Crippen LogP contribution in [0, 0.1) is 0 Å². The molecule has 2 aromatic rings. The third kappa shape index (κ3) is 6.57. The van der Waals surface area contributed by atoms with E-state index >= 15 is 0 Å². The van der Waals surface area contributed by atoms with E-state index in [-0.39, 0.29) is 10.6 Å². The maximum Gasteiger partial charge on any atom is 0.331 e. The van der Waals surface area contributed by atoms with E-state index < -0.39 is 28.5 Å². The summed E-state index contributed by atoms with van der Waals surface area (Å²) < 4.78 is 32.5. The molecule has 0 heterocycles. The van der Waals surface area contributed by atoms with Crippen LogP contribution in [0.4, 0.5) is 5.69 Å². The highest BCUT2D eigenvalue weighted by atomic mass is 32.2. The van der Waals surface area contributed by atoms with Gasteiger partial charge in [-0.25, -0.2) is 18.4 Å². The fourth-order valence-electron chi connectivity index (χ4n) is 2.04. The van der Waals surface area contributed by atoms with Gasteiger partial charge >= 0.3 is 5.97 Å². The largest absolute Gasteiger partial charge is 0.497 e. The summed E-state index contributed by atoms with van der Waals surface area (Å²) in [5.41, 5.74) is 0.949. The highest BCUT2D eigenvalue weighted by Crippen LogP contribution is 2.15. The van der Waals surface area contributed by atoms with Gasteiger partial charge < -0.3 is 14.8 Å². The molecule has 9 heteroatoms.